The van der Waals surface area contributed by atoms with Gasteiger partial charge in [-0.2, -0.15) is 0 Å². The summed E-state index contributed by atoms with van der Waals surface area (Å²) in [6.07, 6.45) is 22.2. The molecule has 8 amide bonds. The fourth-order valence-electron chi connectivity index (χ4n) is 19.7. The number of benzene rings is 12. The van der Waals surface area contributed by atoms with E-state index in [0.717, 1.165) is 195 Å². The van der Waals surface area contributed by atoms with Crippen LogP contribution in [0.3, 0.4) is 0 Å². The number of urea groups is 4. The third-order valence-electron chi connectivity index (χ3n) is 25.9. The molecule has 0 atom stereocenters. The van der Waals surface area contributed by atoms with E-state index in [1.54, 1.807) is 0 Å². The van der Waals surface area contributed by atoms with E-state index in [4.69, 9.17) is 37.9 Å². The Balaban J connectivity index is 1.01. The van der Waals surface area contributed by atoms with Crippen LogP contribution >= 0.6 is 0 Å². The molecule has 5 aliphatic rings. The molecule has 0 saturated carbocycles. The molecule has 12 aromatic rings. The number of unbranched alkanes of at least 4 members (excludes halogenated alkanes) is 16. The maximum absolute atomic E-state index is 14.4. The van der Waals surface area contributed by atoms with Crippen molar-refractivity contribution in [1.29, 1.82) is 0 Å². The Morgan fingerprint density at radius 3 is 0.576 bits per heavy atom. The molecule has 4 heterocycles. The molecule has 17 rings (SSSR count). The molecule has 4 aliphatic heterocycles. The third kappa shape index (κ3) is 21.1. The molecule has 12 aromatic carbocycles. The van der Waals surface area contributed by atoms with Crippen molar-refractivity contribution in [3.63, 3.8) is 0 Å². The number of amides is 8. The van der Waals surface area contributed by atoms with Crippen molar-refractivity contribution >= 4 is 69.6 Å². The number of carbonyl (C=O) groups is 4. The van der Waals surface area contributed by atoms with E-state index in [0.29, 0.717) is 139 Å². The number of ether oxygens (including phenoxy) is 8. The van der Waals surface area contributed by atoms with Crippen LogP contribution in [-0.4, -0.2) is 51.3 Å². The quantitative estimate of drug-likeness (QED) is 0.0171. The number of hydrogen-bond donors (Lipinski definition) is 8. The van der Waals surface area contributed by atoms with Gasteiger partial charge in [-0.3, -0.25) is 0 Å². The minimum Gasteiger partial charge on any atom is -0.456 e. The van der Waals surface area contributed by atoms with Crippen molar-refractivity contribution in [2.75, 3.05) is 69.7 Å². The van der Waals surface area contributed by atoms with Crippen LogP contribution in [0.2, 0.25) is 0 Å². The fourth-order valence-corrected chi connectivity index (χ4v) is 19.7. The molecule has 8 N–H and O–H groups in total. The summed E-state index contributed by atoms with van der Waals surface area (Å²) in [7, 11) is 0. The van der Waals surface area contributed by atoms with Crippen LogP contribution in [0.1, 0.15) is 250 Å². The Hall–Kier alpha value is -13.9. The molecule has 0 unspecified atom stereocenters. The monoisotopic (exact) mass is 1770 g/mol. The first kappa shape index (κ1) is 90.1. The van der Waals surface area contributed by atoms with Crippen LogP contribution in [0.4, 0.5) is 64.7 Å². The van der Waals surface area contributed by atoms with E-state index in [2.05, 4.69) is 119 Å². The molecule has 0 aromatic heterocycles. The van der Waals surface area contributed by atoms with Gasteiger partial charge in [-0.1, -0.05) is 277 Å². The molecular formula is C112H120N8O12. The minimum atomic E-state index is -0.485. The molecule has 1 aliphatic carbocycles. The summed E-state index contributed by atoms with van der Waals surface area (Å²) in [5.41, 5.74) is 17.7. The SMILES string of the molecule is CCCCCCCC1c2cc3c4c(-c5cccc(NC(=O)Nc6ccccc6)c5)c2OCOc2c1cc1c(c2-c2cccc(NC(=O)Nc5ccccc5)c2)OCOc2c(cc5c(c2-c2cccc(NC(=O)Nc6ccccc6)c2)OCOc2c(cc(c(c2-c2cccc(NC(=O)Nc6ccccc6)c2)OCO4)C3CCCCCCC)C5CCCCCCC)C1CCCCCCC. The third-order valence-corrected chi connectivity index (χ3v) is 25.9. The van der Waals surface area contributed by atoms with E-state index in [9.17, 15) is 19.2 Å². The summed E-state index contributed by atoms with van der Waals surface area (Å²) in [6.45, 7) is 7.86. The number of hydrogen-bond acceptors (Lipinski definition) is 12. The molecule has 20 nitrogen and oxygen atoms in total. The Morgan fingerprint density at radius 1 is 0.212 bits per heavy atom. The van der Waals surface area contributed by atoms with Gasteiger partial charge in [0.2, 0.25) is 27.2 Å². The zero-order valence-electron chi connectivity index (χ0n) is 76.1. The van der Waals surface area contributed by atoms with Crippen molar-refractivity contribution in [3.05, 3.63) is 287 Å². The lowest BCUT2D eigenvalue weighted by molar-refractivity contribution is 0.101. The van der Waals surface area contributed by atoms with Gasteiger partial charge in [-0.15, -0.1) is 0 Å². The van der Waals surface area contributed by atoms with Crippen LogP contribution < -0.4 is 80.4 Å². The largest absolute Gasteiger partial charge is 0.456 e. The fraction of sp³-hybridized carbons (Fsp3) is 0.321. The summed E-state index contributed by atoms with van der Waals surface area (Å²) in [6, 6.07) is 77.4. The second-order valence-electron chi connectivity index (χ2n) is 35.1. The highest BCUT2D eigenvalue weighted by atomic mass is 16.7. The maximum atomic E-state index is 14.4. The van der Waals surface area contributed by atoms with Crippen molar-refractivity contribution in [3.8, 4) is 90.5 Å². The van der Waals surface area contributed by atoms with E-state index < -0.39 is 47.8 Å². The highest BCUT2D eigenvalue weighted by molar-refractivity contribution is 6.04. The number of carbonyl (C=O) groups excluding carboxylic acids is 4. The predicted molar refractivity (Wildman–Crippen MR) is 529 cm³/mol. The smallest absolute Gasteiger partial charge is 0.323 e. The highest BCUT2D eigenvalue weighted by Gasteiger charge is 2.43. The van der Waals surface area contributed by atoms with Gasteiger partial charge in [0.05, 0.1) is 22.3 Å². The molecule has 132 heavy (non-hydrogen) atoms. The second kappa shape index (κ2) is 43.7. The summed E-state index contributed by atoms with van der Waals surface area (Å²) >= 11 is 0. The van der Waals surface area contributed by atoms with E-state index in [1.807, 2.05) is 194 Å². The van der Waals surface area contributed by atoms with Crippen molar-refractivity contribution in [2.45, 2.75) is 205 Å². The summed E-state index contributed by atoms with van der Waals surface area (Å²) in [4.78, 5) is 57.5. The number of anilines is 8. The van der Waals surface area contributed by atoms with Gasteiger partial charge in [0, 0.05) is 114 Å². The lowest BCUT2D eigenvalue weighted by Gasteiger charge is -2.38. The summed E-state index contributed by atoms with van der Waals surface area (Å²) in [5.74, 6) is 2.55. The molecular weight excluding hydrogens is 1650 g/mol. The molecule has 680 valence electrons. The predicted octanol–water partition coefficient (Wildman–Crippen LogP) is 30.1. The summed E-state index contributed by atoms with van der Waals surface area (Å²) < 4.78 is 61.0. The van der Waals surface area contributed by atoms with Gasteiger partial charge in [0.25, 0.3) is 0 Å². The van der Waals surface area contributed by atoms with Crippen LogP contribution in [0.5, 0.6) is 46.0 Å². The average Bonchev–Trinajstić information content (AvgIpc) is 0.710. The summed E-state index contributed by atoms with van der Waals surface area (Å²) in [5, 5.41) is 25.0. The van der Waals surface area contributed by atoms with Crippen molar-refractivity contribution in [1.82, 2.24) is 0 Å². The van der Waals surface area contributed by atoms with Gasteiger partial charge in [0.1, 0.15) is 46.0 Å². The Bertz CT molecular complexity index is 5180. The standard InChI is InChI=1S/C112H120N8O12/c1-5-9-13-17-33-57-85-89-65-91-86(58-34-18-14-10-6-2)93-67-95-88(60-36-20-16-12-8-4)96-68-94-87(59-35-19-15-11-7-3)92-66-90(85)102-98(74-42-38-54-82(62-74)118-110(122)114-78-47-27-22-28-48-78)104(92)128-71-130-106(94)100(76-44-40-56-84(64-76)120-112(124)116-80-51-31-24-32-52-80)108(96)132-72-131-107(95)99(75-43-39-55-83(63-75)119-111(123)115-79-49-29-23-30-50-79)105(93)129-70-127-103(91)97(101(89)125-69-126-102)73-41-37-53-81(61-73)117-109(121)113-77-45-25-21-26-46-77/h21-32,37-56,61-68,85-88H,5-20,33-36,57-60,69-72H2,1-4H3,(H2,113,117,121)(H2,114,118,122)(H2,115,119,123)(H2,116,120,124). The molecule has 20 heteroatoms. The van der Waals surface area contributed by atoms with Gasteiger partial charge >= 0.3 is 24.1 Å². The Labute approximate surface area is 775 Å². The first-order valence-electron chi connectivity index (χ1n) is 47.8. The van der Waals surface area contributed by atoms with E-state index in [1.165, 1.54) is 0 Å². The Kier molecular flexibility index (Phi) is 29.8. The van der Waals surface area contributed by atoms with Crippen LogP contribution in [0.15, 0.2) is 243 Å². The maximum Gasteiger partial charge on any atom is 0.323 e. The number of nitrogens with one attached hydrogen (secondary N) is 8. The van der Waals surface area contributed by atoms with Gasteiger partial charge < -0.3 is 80.4 Å². The lowest BCUT2D eigenvalue weighted by Crippen LogP contribution is -2.24. The first-order chi connectivity index (χ1) is 65.0. The van der Waals surface area contributed by atoms with Gasteiger partial charge in [-0.25, -0.2) is 19.2 Å². The second-order valence-corrected chi connectivity index (χ2v) is 35.1. The molecule has 8 bridgehead atoms. The van der Waals surface area contributed by atoms with E-state index in [-0.39, 0.29) is 27.2 Å². The van der Waals surface area contributed by atoms with Crippen LogP contribution in [0, 0.1) is 0 Å². The van der Waals surface area contributed by atoms with Gasteiger partial charge in [0.15, 0.2) is 0 Å². The highest BCUT2D eigenvalue weighted by Crippen LogP contribution is 2.63. The van der Waals surface area contributed by atoms with Crippen molar-refractivity contribution in [2.24, 2.45) is 0 Å². The molecule has 0 fully saturated rings. The Morgan fingerprint density at radius 2 is 0.386 bits per heavy atom. The van der Waals surface area contributed by atoms with E-state index >= 15 is 0 Å². The van der Waals surface area contributed by atoms with Crippen LogP contribution in [0.25, 0.3) is 44.5 Å². The topological polar surface area (TPSA) is 238 Å². The average molecular weight is 1770 g/mol. The van der Waals surface area contributed by atoms with Crippen molar-refractivity contribution < 1.29 is 57.1 Å². The van der Waals surface area contributed by atoms with Crippen LogP contribution in [-0.2, 0) is 0 Å². The zero-order valence-corrected chi connectivity index (χ0v) is 76.1. The molecule has 0 radical (unpaired) electrons. The minimum absolute atomic E-state index is 0.287. The zero-order chi connectivity index (χ0) is 90.5. The number of rotatable bonds is 36. The first-order valence-corrected chi connectivity index (χ1v) is 47.8. The molecule has 0 saturated heterocycles. The molecule has 0 spiro atoms. The normalized spacial score (nSPS) is 15.1. The lowest BCUT2D eigenvalue weighted by atomic mass is 9.73. The number of para-hydroxylation sites is 4. The van der Waals surface area contributed by atoms with Gasteiger partial charge in [-0.05, 0) is 169 Å².